The number of rotatable bonds is 0. The standard InChI is InChI=1S/C8H14O/c1-7-8(9-7)5-3-2-4-6-8/h7H,2-6H2,1H3/t7-/m0/s1. The molecule has 0 aromatic heterocycles. The van der Waals surface area contributed by atoms with Gasteiger partial charge in [-0.25, -0.2) is 0 Å². The molecule has 1 aliphatic heterocycles. The lowest BCUT2D eigenvalue weighted by Gasteiger charge is -2.17. The van der Waals surface area contributed by atoms with E-state index in [1.807, 2.05) is 0 Å². The average molecular weight is 126 g/mol. The highest BCUT2D eigenvalue weighted by atomic mass is 16.6. The molecule has 2 rings (SSSR count). The number of epoxide rings is 1. The lowest BCUT2D eigenvalue weighted by molar-refractivity contribution is 0.234. The SMILES string of the molecule is C[C@@H]1OC12CCCCC2. The van der Waals surface area contributed by atoms with E-state index >= 15 is 0 Å². The minimum absolute atomic E-state index is 0.387. The number of ether oxygens (including phenoxy) is 1. The van der Waals surface area contributed by atoms with E-state index in [1.165, 1.54) is 32.1 Å². The summed E-state index contributed by atoms with van der Waals surface area (Å²) >= 11 is 0. The lowest BCUT2D eigenvalue weighted by Crippen LogP contribution is -2.17. The molecule has 0 amide bonds. The van der Waals surface area contributed by atoms with Crippen LogP contribution in [-0.4, -0.2) is 11.7 Å². The van der Waals surface area contributed by atoms with E-state index in [0.29, 0.717) is 11.7 Å². The molecule has 1 saturated heterocycles. The van der Waals surface area contributed by atoms with Gasteiger partial charge in [-0.15, -0.1) is 0 Å². The van der Waals surface area contributed by atoms with Crippen molar-refractivity contribution in [3.8, 4) is 0 Å². The van der Waals surface area contributed by atoms with Gasteiger partial charge in [-0.3, -0.25) is 0 Å². The quantitative estimate of drug-likeness (QED) is 0.453. The summed E-state index contributed by atoms with van der Waals surface area (Å²) in [5.41, 5.74) is 0.387. The zero-order valence-corrected chi connectivity index (χ0v) is 6.02. The Morgan fingerprint density at radius 1 is 1.22 bits per heavy atom. The van der Waals surface area contributed by atoms with Crippen LogP contribution in [0.25, 0.3) is 0 Å². The van der Waals surface area contributed by atoms with Crippen LogP contribution >= 0.6 is 0 Å². The van der Waals surface area contributed by atoms with Crippen molar-refractivity contribution in [2.45, 2.75) is 50.7 Å². The van der Waals surface area contributed by atoms with E-state index in [4.69, 9.17) is 4.74 Å². The highest BCUT2D eigenvalue weighted by molar-refractivity contribution is 5.01. The molecule has 1 nitrogen and oxygen atoms in total. The second-order valence-corrected chi connectivity index (χ2v) is 3.39. The average Bonchev–Trinajstić information content (AvgIpc) is 2.44. The van der Waals surface area contributed by atoms with Crippen LogP contribution in [0.5, 0.6) is 0 Å². The highest BCUT2D eigenvalue weighted by Gasteiger charge is 2.52. The maximum Gasteiger partial charge on any atom is 0.0945 e. The third-order valence-electron chi connectivity index (χ3n) is 2.80. The molecule has 9 heavy (non-hydrogen) atoms. The second kappa shape index (κ2) is 1.72. The first-order chi connectivity index (χ1) is 4.33. The van der Waals surface area contributed by atoms with Gasteiger partial charge in [-0.05, 0) is 19.8 Å². The van der Waals surface area contributed by atoms with Gasteiger partial charge in [0.05, 0.1) is 11.7 Å². The summed E-state index contributed by atoms with van der Waals surface area (Å²) in [4.78, 5) is 0. The Balaban J connectivity index is 1.97. The van der Waals surface area contributed by atoms with Crippen molar-refractivity contribution in [2.24, 2.45) is 0 Å². The van der Waals surface area contributed by atoms with E-state index in [1.54, 1.807) is 0 Å². The molecular formula is C8H14O. The Hall–Kier alpha value is -0.0400. The van der Waals surface area contributed by atoms with Crippen LogP contribution < -0.4 is 0 Å². The summed E-state index contributed by atoms with van der Waals surface area (Å²) < 4.78 is 5.55. The molecule has 0 unspecified atom stereocenters. The van der Waals surface area contributed by atoms with Gasteiger partial charge in [-0.1, -0.05) is 19.3 Å². The Labute approximate surface area is 56.4 Å². The summed E-state index contributed by atoms with van der Waals surface area (Å²) in [6.45, 7) is 2.20. The smallest absolute Gasteiger partial charge is 0.0945 e. The van der Waals surface area contributed by atoms with Gasteiger partial charge >= 0.3 is 0 Å². The highest BCUT2D eigenvalue weighted by Crippen LogP contribution is 2.47. The van der Waals surface area contributed by atoms with Crippen molar-refractivity contribution in [1.82, 2.24) is 0 Å². The molecule has 2 fully saturated rings. The molecule has 0 N–H and O–H groups in total. The van der Waals surface area contributed by atoms with Crippen LogP contribution in [-0.2, 0) is 4.74 Å². The summed E-state index contributed by atoms with van der Waals surface area (Å²) in [7, 11) is 0. The van der Waals surface area contributed by atoms with Crippen LogP contribution in [0.4, 0.5) is 0 Å². The monoisotopic (exact) mass is 126 g/mol. The Kier molecular flexibility index (Phi) is 1.10. The van der Waals surface area contributed by atoms with Gasteiger partial charge in [0, 0.05) is 0 Å². The zero-order chi connectivity index (χ0) is 6.32. The fraction of sp³-hybridized carbons (Fsp3) is 1.00. The molecule has 1 atom stereocenters. The van der Waals surface area contributed by atoms with E-state index in [9.17, 15) is 0 Å². The molecule has 1 heterocycles. The summed E-state index contributed by atoms with van der Waals surface area (Å²) in [5.74, 6) is 0. The third kappa shape index (κ3) is 0.787. The van der Waals surface area contributed by atoms with Crippen molar-refractivity contribution in [3.63, 3.8) is 0 Å². The number of hydrogen-bond donors (Lipinski definition) is 0. The number of hydrogen-bond acceptors (Lipinski definition) is 1. The second-order valence-electron chi connectivity index (χ2n) is 3.39. The predicted octanol–water partition coefficient (Wildman–Crippen LogP) is 2.11. The molecule has 0 bridgehead atoms. The van der Waals surface area contributed by atoms with Crippen molar-refractivity contribution in [2.75, 3.05) is 0 Å². The van der Waals surface area contributed by atoms with Gasteiger partial charge in [0.15, 0.2) is 0 Å². The van der Waals surface area contributed by atoms with Gasteiger partial charge in [0.25, 0.3) is 0 Å². The van der Waals surface area contributed by atoms with Crippen molar-refractivity contribution < 1.29 is 4.74 Å². The van der Waals surface area contributed by atoms with E-state index < -0.39 is 0 Å². The molecule has 0 radical (unpaired) electrons. The molecule has 1 aliphatic carbocycles. The molecule has 0 aromatic carbocycles. The summed E-state index contributed by atoms with van der Waals surface area (Å²) in [6, 6.07) is 0. The van der Waals surface area contributed by atoms with Crippen molar-refractivity contribution in [3.05, 3.63) is 0 Å². The Bertz CT molecular complexity index is 114. The minimum Gasteiger partial charge on any atom is -0.366 e. The Morgan fingerprint density at radius 2 is 1.78 bits per heavy atom. The molecule has 0 aromatic rings. The topological polar surface area (TPSA) is 12.5 Å². The van der Waals surface area contributed by atoms with Crippen LogP contribution in [0.2, 0.25) is 0 Å². The van der Waals surface area contributed by atoms with Gasteiger partial charge < -0.3 is 4.74 Å². The largest absolute Gasteiger partial charge is 0.366 e. The third-order valence-corrected chi connectivity index (χ3v) is 2.80. The first-order valence-corrected chi connectivity index (χ1v) is 4.01. The molecule has 1 spiro atoms. The van der Waals surface area contributed by atoms with Crippen molar-refractivity contribution in [1.29, 1.82) is 0 Å². The molecule has 1 heteroatoms. The normalized spacial score (nSPS) is 39.0. The van der Waals surface area contributed by atoms with Crippen LogP contribution in [0, 0.1) is 0 Å². The van der Waals surface area contributed by atoms with E-state index in [-0.39, 0.29) is 0 Å². The lowest BCUT2D eigenvalue weighted by atomic mass is 9.87. The van der Waals surface area contributed by atoms with Crippen molar-refractivity contribution >= 4 is 0 Å². The van der Waals surface area contributed by atoms with Crippen LogP contribution in [0.3, 0.4) is 0 Å². The van der Waals surface area contributed by atoms with Gasteiger partial charge in [-0.2, -0.15) is 0 Å². The van der Waals surface area contributed by atoms with E-state index in [0.717, 1.165) is 0 Å². The van der Waals surface area contributed by atoms with E-state index in [2.05, 4.69) is 6.92 Å². The predicted molar refractivity (Wildman–Crippen MR) is 36.4 cm³/mol. The molecular weight excluding hydrogens is 112 g/mol. The molecule has 1 saturated carbocycles. The summed E-state index contributed by atoms with van der Waals surface area (Å²) in [6.07, 6.45) is 7.45. The zero-order valence-electron chi connectivity index (χ0n) is 6.02. The van der Waals surface area contributed by atoms with Crippen LogP contribution in [0.1, 0.15) is 39.0 Å². The maximum absolute atomic E-state index is 5.55. The Morgan fingerprint density at radius 3 is 2.11 bits per heavy atom. The maximum atomic E-state index is 5.55. The first kappa shape index (κ1) is 5.72. The van der Waals surface area contributed by atoms with Gasteiger partial charge in [0.1, 0.15) is 0 Å². The van der Waals surface area contributed by atoms with Gasteiger partial charge in [0.2, 0.25) is 0 Å². The van der Waals surface area contributed by atoms with Crippen LogP contribution in [0.15, 0.2) is 0 Å². The minimum atomic E-state index is 0.387. The fourth-order valence-corrected chi connectivity index (χ4v) is 1.99. The molecule has 52 valence electrons. The summed E-state index contributed by atoms with van der Waals surface area (Å²) in [5, 5.41) is 0. The molecule has 2 aliphatic rings. The first-order valence-electron chi connectivity index (χ1n) is 4.01. The fourth-order valence-electron chi connectivity index (χ4n) is 1.99.